The summed E-state index contributed by atoms with van der Waals surface area (Å²) in [5.41, 5.74) is 3.32. The van der Waals surface area contributed by atoms with Crippen LogP contribution in [0.4, 0.5) is 11.4 Å². The molecule has 0 saturated heterocycles. The van der Waals surface area contributed by atoms with E-state index in [0.29, 0.717) is 24.4 Å². The predicted octanol–water partition coefficient (Wildman–Crippen LogP) is 4.14. The zero-order chi connectivity index (χ0) is 21.4. The van der Waals surface area contributed by atoms with Crippen LogP contribution in [0, 0.1) is 0 Å². The van der Waals surface area contributed by atoms with Crippen molar-refractivity contribution in [2.45, 2.75) is 39.2 Å². The number of hydrogen-bond acceptors (Lipinski definition) is 4. The molecule has 1 amide bonds. The Kier molecular flexibility index (Phi) is 8.22. The molecule has 0 spiro atoms. The Bertz CT molecular complexity index is 926. The number of nitrogens with one attached hydrogen (secondary N) is 1. The van der Waals surface area contributed by atoms with Crippen molar-refractivity contribution in [1.82, 2.24) is 0 Å². The Morgan fingerprint density at radius 1 is 1.14 bits per heavy atom. The third-order valence-electron chi connectivity index (χ3n) is 4.51. The topological polar surface area (TPSA) is 75.7 Å². The smallest absolute Gasteiger partial charge is 0.232 e. The summed E-state index contributed by atoms with van der Waals surface area (Å²) in [5, 5.41) is 2.86. The second kappa shape index (κ2) is 10.4. The average molecular weight is 419 g/mol. The van der Waals surface area contributed by atoms with Crippen molar-refractivity contribution in [1.29, 1.82) is 0 Å². The number of carbonyl (C=O) groups excluding carboxylic acids is 1. The van der Waals surface area contributed by atoms with Gasteiger partial charge in [0.2, 0.25) is 15.9 Å². The van der Waals surface area contributed by atoms with E-state index >= 15 is 0 Å². The fourth-order valence-corrected chi connectivity index (χ4v) is 4.16. The molecule has 0 heterocycles. The molecule has 0 unspecified atom stereocenters. The number of para-hydroxylation sites is 1. The lowest BCUT2D eigenvalue weighted by atomic mass is 10.0. The summed E-state index contributed by atoms with van der Waals surface area (Å²) >= 11 is 0. The molecule has 0 aliphatic heterocycles. The number of sulfonamides is 1. The van der Waals surface area contributed by atoms with Crippen LogP contribution >= 0.6 is 0 Å². The minimum Gasteiger partial charge on any atom is -0.380 e. The van der Waals surface area contributed by atoms with Crippen LogP contribution in [-0.4, -0.2) is 34.2 Å². The Morgan fingerprint density at radius 3 is 2.52 bits per heavy atom. The highest BCUT2D eigenvalue weighted by Crippen LogP contribution is 2.29. The number of anilines is 2. The van der Waals surface area contributed by atoms with E-state index in [2.05, 4.69) is 5.32 Å². The lowest BCUT2D eigenvalue weighted by Gasteiger charge is -2.26. The molecule has 2 aromatic carbocycles. The van der Waals surface area contributed by atoms with Gasteiger partial charge in [-0.2, -0.15) is 0 Å². The van der Waals surface area contributed by atoms with Gasteiger partial charge in [0.05, 0.1) is 18.6 Å². The van der Waals surface area contributed by atoms with Crippen LogP contribution in [0.1, 0.15) is 43.7 Å². The van der Waals surface area contributed by atoms with Crippen LogP contribution in [0.15, 0.2) is 48.5 Å². The molecule has 0 fully saturated rings. The van der Waals surface area contributed by atoms with Crippen LogP contribution in [0.25, 0.3) is 0 Å². The molecular formula is C22H30N2O4S. The fourth-order valence-electron chi connectivity index (χ4n) is 3.18. The molecule has 29 heavy (non-hydrogen) atoms. The Balaban J connectivity index is 2.02. The van der Waals surface area contributed by atoms with Crippen molar-refractivity contribution in [3.63, 3.8) is 0 Å². The van der Waals surface area contributed by atoms with Gasteiger partial charge in [0.1, 0.15) is 0 Å². The minimum atomic E-state index is -3.46. The Labute approximate surface area is 173 Å². The highest BCUT2D eigenvalue weighted by atomic mass is 32.2. The molecule has 0 aliphatic carbocycles. The summed E-state index contributed by atoms with van der Waals surface area (Å²) in [6.45, 7) is 4.79. The first-order valence-electron chi connectivity index (χ1n) is 9.66. The average Bonchev–Trinajstić information content (AvgIpc) is 2.65. The van der Waals surface area contributed by atoms with E-state index in [1.807, 2.05) is 62.4 Å². The molecule has 158 valence electrons. The fraction of sp³-hybridized carbons (Fsp3) is 0.409. The standard InChI is InChI=1S/C22H30N2O4S/c1-17(2)20-11-5-6-12-21(20)24(29(4,26)27)14-8-13-22(25)23-19-10-7-9-18(15-19)16-28-3/h5-7,9-12,15,17H,8,13-14,16H2,1-4H3,(H,23,25). The van der Waals surface area contributed by atoms with E-state index in [0.717, 1.165) is 11.1 Å². The van der Waals surface area contributed by atoms with Gasteiger partial charge in [0, 0.05) is 25.8 Å². The molecule has 0 saturated carbocycles. The molecule has 0 radical (unpaired) electrons. The summed E-state index contributed by atoms with van der Waals surface area (Å²) in [6, 6.07) is 15.0. The van der Waals surface area contributed by atoms with Gasteiger partial charge in [-0.05, 0) is 41.7 Å². The maximum Gasteiger partial charge on any atom is 0.232 e. The third-order valence-corrected chi connectivity index (χ3v) is 5.69. The molecule has 2 rings (SSSR count). The van der Waals surface area contributed by atoms with E-state index in [1.165, 1.54) is 10.6 Å². The van der Waals surface area contributed by atoms with Gasteiger partial charge in [-0.25, -0.2) is 8.42 Å². The van der Waals surface area contributed by atoms with E-state index in [-0.39, 0.29) is 24.8 Å². The van der Waals surface area contributed by atoms with Gasteiger partial charge < -0.3 is 10.1 Å². The Hall–Kier alpha value is -2.38. The maximum atomic E-state index is 12.4. The monoisotopic (exact) mass is 418 g/mol. The highest BCUT2D eigenvalue weighted by molar-refractivity contribution is 7.92. The number of ether oxygens (including phenoxy) is 1. The van der Waals surface area contributed by atoms with E-state index in [9.17, 15) is 13.2 Å². The van der Waals surface area contributed by atoms with Gasteiger partial charge in [0.15, 0.2) is 0 Å². The lowest BCUT2D eigenvalue weighted by molar-refractivity contribution is -0.116. The van der Waals surface area contributed by atoms with Crippen LogP contribution < -0.4 is 9.62 Å². The number of nitrogens with zero attached hydrogens (tertiary/aromatic N) is 1. The van der Waals surface area contributed by atoms with Crippen LogP contribution in [0.5, 0.6) is 0 Å². The molecule has 0 aliphatic rings. The molecule has 0 aromatic heterocycles. The SMILES string of the molecule is COCc1cccc(NC(=O)CCCN(c2ccccc2C(C)C)S(C)(=O)=O)c1. The second-order valence-electron chi connectivity index (χ2n) is 7.33. The van der Waals surface area contributed by atoms with Gasteiger partial charge >= 0.3 is 0 Å². The molecule has 0 bridgehead atoms. The molecule has 1 N–H and O–H groups in total. The van der Waals surface area contributed by atoms with Gasteiger partial charge in [-0.15, -0.1) is 0 Å². The predicted molar refractivity (Wildman–Crippen MR) is 118 cm³/mol. The van der Waals surface area contributed by atoms with E-state index < -0.39 is 10.0 Å². The first-order valence-corrected chi connectivity index (χ1v) is 11.5. The zero-order valence-electron chi connectivity index (χ0n) is 17.5. The van der Waals surface area contributed by atoms with Crippen molar-refractivity contribution in [3.05, 3.63) is 59.7 Å². The summed E-state index contributed by atoms with van der Waals surface area (Å²) in [4.78, 5) is 12.3. The first kappa shape index (κ1) is 22.9. The van der Waals surface area contributed by atoms with Crippen LogP contribution in [-0.2, 0) is 26.2 Å². The maximum absolute atomic E-state index is 12.4. The number of hydrogen-bond donors (Lipinski definition) is 1. The Morgan fingerprint density at radius 2 is 1.86 bits per heavy atom. The summed E-state index contributed by atoms with van der Waals surface area (Å²) in [7, 11) is -1.83. The van der Waals surface area contributed by atoms with Crippen LogP contribution in [0.3, 0.4) is 0 Å². The summed E-state index contributed by atoms with van der Waals surface area (Å²) in [6.07, 6.45) is 1.85. The first-order chi connectivity index (χ1) is 13.7. The van der Waals surface area contributed by atoms with Crippen molar-refractivity contribution in [3.8, 4) is 0 Å². The van der Waals surface area contributed by atoms with Crippen LogP contribution in [0.2, 0.25) is 0 Å². The quantitative estimate of drug-likeness (QED) is 0.629. The lowest BCUT2D eigenvalue weighted by Crippen LogP contribution is -2.32. The molecule has 2 aromatic rings. The van der Waals surface area contributed by atoms with Crippen molar-refractivity contribution in [2.24, 2.45) is 0 Å². The summed E-state index contributed by atoms with van der Waals surface area (Å²) < 4.78 is 31.3. The van der Waals surface area contributed by atoms with E-state index in [4.69, 9.17) is 4.74 Å². The normalized spacial score (nSPS) is 11.5. The van der Waals surface area contributed by atoms with Gasteiger partial charge in [-0.1, -0.05) is 44.2 Å². The van der Waals surface area contributed by atoms with E-state index in [1.54, 1.807) is 7.11 Å². The number of amides is 1. The molecular weight excluding hydrogens is 388 g/mol. The van der Waals surface area contributed by atoms with Crippen molar-refractivity contribution >= 4 is 27.3 Å². The van der Waals surface area contributed by atoms with Crippen molar-refractivity contribution < 1.29 is 17.9 Å². The largest absolute Gasteiger partial charge is 0.380 e. The number of carbonyl (C=O) groups is 1. The summed E-state index contributed by atoms with van der Waals surface area (Å²) in [5.74, 6) is 0.0447. The third kappa shape index (κ3) is 6.87. The number of methoxy groups -OCH3 is 1. The zero-order valence-corrected chi connectivity index (χ0v) is 18.3. The molecule has 0 atom stereocenters. The minimum absolute atomic E-state index is 0.148. The molecule has 6 nitrogen and oxygen atoms in total. The highest BCUT2D eigenvalue weighted by Gasteiger charge is 2.21. The van der Waals surface area contributed by atoms with Crippen molar-refractivity contribution in [2.75, 3.05) is 29.5 Å². The number of rotatable bonds is 10. The second-order valence-corrected chi connectivity index (χ2v) is 9.24. The van der Waals surface area contributed by atoms with Gasteiger partial charge in [-0.3, -0.25) is 9.10 Å². The van der Waals surface area contributed by atoms with Gasteiger partial charge in [0.25, 0.3) is 0 Å². The number of benzene rings is 2. The molecule has 7 heteroatoms.